The molecule has 0 fully saturated rings. The van der Waals surface area contributed by atoms with Gasteiger partial charge in [0.25, 0.3) is 0 Å². The molecular formula is C18H28O3. The van der Waals surface area contributed by atoms with Crippen molar-refractivity contribution in [2.24, 2.45) is 5.92 Å². The van der Waals surface area contributed by atoms with Crippen LogP contribution in [-0.4, -0.2) is 25.9 Å². The molecule has 118 valence electrons. The average Bonchev–Trinajstić information content (AvgIpc) is 2.46. The first-order valence-electron chi connectivity index (χ1n) is 7.91. The van der Waals surface area contributed by atoms with Crippen LogP contribution in [0.3, 0.4) is 0 Å². The lowest BCUT2D eigenvalue weighted by molar-refractivity contribution is 0.241. The van der Waals surface area contributed by atoms with E-state index in [1.807, 2.05) is 0 Å². The smallest absolute Gasteiger partial charge is 0.164 e. The Hall–Kier alpha value is -1.22. The molecule has 3 atom stereocenters. The van der Waals surface area contributed by atoms with Crippen molar-refractivity contribution in [3.05, 3.63) is 22.8 Å². The minimum Gasteiger partial charge on any atom is -0.493 e. The number of ether oxygens (including phenoxy) is 2. The van der Waals surface area contributed by atoms with Crippen LogP contribution in [0.15, 0.2) is 6.07 Å². The first-order valence-corrected chi connectivity index (χ1v) is 7.91. The molecule has 1 N–H and O–H groups in total. The lowest BCUT2D eigenvalue weighted by Crippen LogP contribution is -2.20. The first-order chi connectivity index (χ1) is 10.0. The number of methoxy groups -OCH3 is 2. The molecule has 0 radical (unpaired) electrons. The molecule has 0 aromatic heterocycles. The van der Waals surface area contributed by atoms with Crippen molar-refractivity contribution in [3.63, 3.8) is 0 Å². The molecule has 3 heteroatoms. The van der Waals surface area contributed by atoms with Crippen molar-refractivity contribution in [3.8, 4) is 11.5 Å². The van der Waals surface area contributed by atoms with E-state index in [4.69, 9.17) is 9.47 Å². The fourth-order valence-corrected chi connectivity index (χ4v) is 3.81. The van der Waals surface area contributed by atoms with Gasteiger partial charge in [-0.1, -0.05) is 19.9 Å². The lowest BCUT2D eigenvalue weighted by atomic mass is 9.71. The highest BCUT2D eigenvalue weighted by Crippen LogP contribution is 2.50. The monoisotopic (exact) mass is 292 g/mol. The largest absolute Gasteiger partial charge is 0.493 e. The summed E-state index contributed by atoms with van der Waals surface area (Å²) in [5.41, 5.74) is 3.83. The van der Waals surface area contributed by atoms with Crippen LogP contribution < -0.4 is 9.47 Å². The maximum atomic E-state index is 9.26. The third kappa shape index (κ3) is 2.89. The molecule has 1 aromatic carbocycles. The van der Waals surface area contributed by atoms with Gasteiger partial charge < -0.3 is 14.6 Å². The number of aliphatic hydroxyl groups excluding tert-OH is 1. The number of benzene rings is 1. The third-order valence-corrected chi connectivity index (χ3v) is 4.97. The van der Waals surface area contributed by atoms with E-state index in [-0.39, 0.29) is 6.61 Å². The molecule has 0 spiro atoms. The SMILES string of the molecule is COc1c(C)cc2c(c1OC)[C@@H](C)CC[C@H]2[C@@H](C)CCO. The molecule has 21 heavy (non-hydrogen) atoms. The second-order valence-corrected chi connectivity index (χ2v) is 6.34. The van der Waals surface area contributed by atoms with Crippen LogP contribution in [-0.2, 0) is 0 Å². The fourth-order valence-electron chi connectivity index (χ4n) is 3.81. The van der Waals surface area contributed by atoms with Crippen molar-refractivity contribution in [1.29, 1.82) is 0 Å². The van der Waals surface area contributed by atoms with E-state index in [1.54, 1.807) is 14.2 Å². The molecule has 1 aliphatic carbocycles. The quantitative estimate of drug-likeness (QED) is 0.891. The van der Waals surface area contributed by atoms with Gasteiger partial charge in [-0.25, -0.2) is 0 Å². The van der Waals surface area contributed by atoms with Crippen LogP contribution in [0.2, 0.25) is 0 Å². The molecule has 0 saturated heterocycles. The zero-order valence-corrected chi connectivity index (χ0v) is 13.9. The standard InChI is InChI=1S/C18H28O3/c1-11(8-9-19)14-7-6-12(2)16-15(14)10-13(3)17(20-4)18(16)21-5/h10-12,14,19H,6-9H2,1-5H3/t11-,12-,14-/m0/s1. The Morgan fingerprint density at radius 2 is 1.90 bits per heavy atom. The van der Waals surface area contributed by atoms with Gasteiger partial charge in [-0.2, -0.15) is 0 Å². The Kier molecular flexibility index (Phi) is 5.15. The van der Waals surface area contributed by atoms with Crippen LogP contribution in [0.5, 0.6) is 11.5 Å². The zero-order valence-electron chi connectivity index (χ0n) is 13.9. The highest BCUT2D eigenvalue weighted by molar-refractivity contribution is 5.58. The van der Waals surface area contributed by atoms with Crippen LogP contribution in [0, 0.1) is 12.8 Å². The highest BCUT2D eigenvalue weighted by Gasteiger charge is 2.32. The predicted octanol–water partition coefficient (Wildman–Crippen LogP) is 4.01. The van der Waals surface area contributed by atoms with Gasteiger partial charge >= 0.3 is 0 Å². The van der Waals surface area contributed by atoms with E-state index >= 15 is 0 Å². The summed E-state index contributed by atoms with van der Waals surface area (Å²) in [7, 11) is 3.43. The Balaban J connectivity index is 2.57. The zero-order chi connectivity index (χ0) is 15.6. The van der Waals surface area contributed by atoms with Gasteiger partial charge in [-0.3, -0.25) is 0 Å². The Morgan fingerprint density at radius 1 is 1.24 bits per heavy atom. The Labute approximate surface area is 128 Å². The van der Waals surface area contributed by atoms with Crippen LogP contribution in [0.4, 0.5) is 0 Å². The normalized spacial score (nSPS) is 22.6. The number of aliphatic hydroxyl groups is 1. The molecule has 1 aliphatic rings. The van der Waals surface area contributed by atoms with E-state index in [2.05, 4.69) is 26.8 Å². The second kappa shape index (κ2) is 6.69. The minimum absolute atomic E-state index is 0.259. The average molecular weight is 292 g/mol. The van der Waals surface area contributed by atoms with E-state index in [0.29, 0.717) is 17.8 Å². The number of hydrogen-bond acceptors (Lipinski definition) is 3. The number of aryl methyl sites for hydroxylation is 1. The van der Waals surface area contributed by atoms with Crippen molar-refractivity contribution < 1.29 is 14.6 Å². The summed E-state index contributed by atoms with van der Waals surface area (Å²) in [6.07, 6.45) is 3.20. The van der Waals surface area contributed by atoms with Crippen LogP contribution >= 0.6 is 0 Å². The number of hydrogen-bond donors (Lipinski definition) is 1. The Morgan fingerprint density at radius 3 is 2.48 bits per heavy atom. The summed E-state index contributed by atoms with van der Waals surface area (Å²) >= 11 is 0. The van der Waals surface area contributed by atoms with Gasteiger partial charge in [0, 0.05) is 12.2 Å². The predicted molar refractivity (Wildman–Crippen MR) is 85.5 cm³/mol. The maximum absolute atomic E-state index is 9.26. The van der Waals surface area contributed by atoms with Gasteiger partial charge in [0.2, 0.25) is 0 Å². The molecule has 0 amide bonds. The lowest BCUT2D eigenvalue weighted by Gasteiger charge is -2.35. The van der Waals surface area contributed by atoms with Crippen molar-refractivity contribution in [2.75, 3.05) is 20.8 Å². The molecule has 0 aliphatic heterocycles. The van der Waals surface area contributed by atoms with E-state index in [9.17, 15) is 5.11 Å². The second-order valence-electron chi connectivity index (χ2n) is 6.34. The molecule has 0 heterocycles. The van der Waals surface area contributed by atoms with Gasteiger partial charge in [-0.05, 0) is 55.1 Å². The van der Waals surface area contributed by atoms with Gasteiger partial charge in [0.1, 0.15) is 0 Å². The summed E-state index contributed by atoms with van der Waals surface area (Å²) in [6, 6.07) is 2.27. The summed E-state index contributed by atoms with van der Waals surface area (Å²) in [4.78, 5) is 0. The molecular weight excluding hydrogens is 264 g/mol. The molecule has 0 unspecified atom stereocenters. The summed E-state index contributed by atoms with van der Waals surface area (Å²) in [5.74, 6) is 3.24. The van der Waals surface area contributed by atoms with E-state index in [0.717, 1.165) is 29.9 Å². The van der Waals surface area contributed by atoms with Gasteiger partial charge in [-0.15, -0.1) is 0 Å². The van der Waals surface area contributed by atoms with Crippen LogP contribution in [0.1, 0.15) is 61.6 Å². The first kappa shape index (κ1) is 16.2. The number of fused-ring (bicyclic) bond motifs is 1. The maximum Gasteiger partial charge on any atom is 0.164 e. The molecule has 0 bridgehead atoms. The van der Waals surface area contributed by atoms with Crippen molar-refractivity contribution >= 4 is 0 Å². The van der Waals surface area contributed by atoms with Gasteiger partial charge in [0.15, 0.2) is 11.5 Å². The van der Waals surface area contributed by atoms with E-state index in [1.165, 1.54) is 17.5 Å². The topological polar surface area (TPSA) is 38.7 Å². The van der Waals surface area contributed by atoms with E-state index < -0.39 is 0 Å². The molecule has 2 rings (SSSR count). The fraction of sp³-hybridized carbons (Fsp3) is 0.667. The van der Waals surface area contributed by atoms with Crippen molar-refractivity contribution in [1.82, 2.24) is 0 Å². The van der Waals surface area contributed by atoms with Crippen molar-refractivity contribution in [2.45, 2.75) is 51.9 Å². The highest BCUT2D eigenvalue weighted by atomic mass is 16.5. The summed E-state index contributed by atoms with van der Waals surface area (Å²) in [5, 5.41) is 9.26. The third-order valence-electron chi connectivity index (χ3n) is 4.97. The number of rotatable bonds is 5. The minimum atomic E-state index is 0.259. The molecule has 3 nitrogen and oxygen atoms in total. The summed E-state index contributed by atoms with van der Waals surface area (Å²) in [6.45, 7) is 6.85. The van der Waals surface area contributed by atoms with Gasteiger partial charge in [0.05, 0.1) is 14.2 Å². The van der Waals surface area contributed by atoms with Crippen LogP contribution in [0.25, 0.3) is 0 Å². The Bertz CT molecular complexity index is 496. The molecule has 1 aromatic rings. The molecule has 0 saturated carbocycles. The summed E-state index contributed by atoms with van der Waals surface area (Å²) < 4.78 is 11.3.